The molecule has 0 bridgehead atoms. The van der Waals surface area contributed by atoms with E-state index >= 15 is 0 Å². The van der Waals surface area contributed by atoms with E-state index in [-0.39, 0.29) is 0 Å². The number of amides is 1. The van der Waals surface area contributed by atoms with Crippen LogP contribution in [0.4, 0.5) is 0 Å². The molecule has 152 valence electrons. The van der Waals surface area contributed by atoms with Crippen LogP contribution >= 0.6 is 0 Å². The Balaban J connectivity index is 1.88. The van der Waals surface area contributed by atoms with Crippen LogP contribution in [0.2, 0.25) is 0 Å². The zero-order valence-electron chi connectivity index (χ0n) is 14.6. The number of hydrogen-bond donors (Lipinski definition) is 4. The highest BCUT2D eigenvalue weighted by atomic mass is 32.3. The van der Waals surface area contributed by atoms with Crippen LogP contribution < -0.4 is 10.1 Å². The minimum atomic E-state index is -4.98. The molecule has 0 saturated carbocycles. The summed E-state index contributed by atoms with van der Waals surface area (Å²) in [6, 6.07) is 11.3. The van der Waals surface area contributed by atoms with Crippen LogP contribution in [0, 0.1) is 0 Å². The van der Waals surface area contributed by atoms with Gasteiger partial charge < -0.3 is 25.0 Å². The highest BCUT2D eigenvalue weighted by Gasteiger charge is 2.48. The van der Waals surface area contributed by atoms with Gasteiger partial charge in [0, 0.05) is 6.92 Å². The lowest BCUT2D eigenvalue weighted by molar-refractivity contribution is -0.287. The Hall–Kier alpha value is -2.28. The predicted molar refractivity (Wildman–Crippen MR) is 95.5 cm³/mol. The molecule has 0 spiro atoms. The summed E-state index contributed by atoms with van der Waals surface area (Å²) < 4.78 is 46.0. The van der Waals surface area contributed by atoms with Gasteiger partial charge in [-0.05, 0) is 22.9 Å². The van der Waals surface area contributed by atoms with E-state index in [2.05, 4.69) is 9.50 Å². The number of hydrogen-bond acceptors (Lipinski definition) is 8. The second-order valence-corrected chi connectivity index (χ2v) is 7.28. The first kappa shape index (κ1) is 20.5. The third kappa shape index (κ3) is 4.76. The summed E-state index contributed by atoms with van der Waals surface area (Å²) in [5, 5.41) is 24.5. The normalized spacial score (nSPS) is 28.1. The number of carbonyl (C=O) groups is 1. The van der Waals surface area contributed by atoms with Crippen molar-refractivity contribution in [3.05, 3.63) is 42.5 Å². The average molecular weight is 413 g/mol. The fourth-order valence-corrected chi connectivity index (χ4v) is 3.29. The SMILES string of the molecule is CC(=O)N[C@H]1[C@H](Oc2ccc3ccccc3c2)O[C@H](OS(=O)(=O)O)[C@@H](O)[C@@H]1O. The Bertz CT molecular complexity index is 964. The molecule has 1 saturated heterocycles. The zero-order valence-corrected chi connectivity index (χ0v) is 15.4. The maximum atomic E-state index is 11.5. The van der Waals surface area contributed by atoms with Crippen LogP contribution in [0.25, 0.3) is 10.8 Å². The standard InChI is InChI=1S/C17H19NO9S/c1-9(19)18-13-14(20)15(21)17(27-28(22,23)24)26-16(13)25-12-7-6-10-4-2-3-5-11(10)8-12/h2-8,13-17,20-21H,1H3,(H,18,19)(H,22,23,24)/t13-,14-,15+,16-,17-/m1/s1. The Kier molecular flexibility index (Phi) is 5.84. The molecule has 2 aromatic carbocycles. The van der Waals surface area contributed by atoms with Gasteiger partial charge in [0.1, 0.15) is 24.0 Å². The molecule has 0 radical (unpaired) electrons. The van der Waals surface area contributed by atoms with E-state index in [1.807, 2.05) is 24.3 Å². The molecular formula is C17H19NO9S. The second-order valence-electron chi connectivity index (χ2n) is 6.23. The van der Waals surface area contributed by atoms with E-state index in [9.17, 15) is 23.4 Å². The summed E-state index contributed by atoms with van der Waals surface area (Å²) in [7, 11) is -4.98. The van der Waals surface area contributed by atoms with Crippen molar-refractivity contribution in [1.82, 2.24) is 5.32 Å². The molecule has 1 amide bonds. The van der Waals surface area contributed by atoms with Crippen molar-refractivity contribution in [3.8, 4) is 5.75 Å². The smallest absolute Gasteiger partial charge is 0.399 e. The van der Waals surface area contributed by atoms with Crippen LogP contribution in [0.3, 0.4) is 0 Å². The van der Waals surface area contributed by atoms with Crippen LogP contribution in [0.1, 0.15) is 6.92 Å². The Morgan fingerprint density at radius 1 is 1.07 bits per heavy atom. The highest BCUT2D eigenvalue weighted by molar-refractivity contribution is 7.80. The van der Waals surface area contributed by atoms with Crippen molar-refractivity contribution in [2.75, 3.05) is 0 Å². The van der Waals surface area contributed by atoms with Gasteiger partial charge in [-0.2, -0.15) is 8.42 Å². The Labute approximate surface area is 160 Å². The Morgan fingerprint density at radius 2 is 1.75 bits per heavy atom. The van der Waals surface area contributed by atoms with Gasteiger partial charge >= 0.3 is 10.4 Å². The topological polar surface area (TPSA) is 152 Å². The van der Waals surface area contributed by atoms with E-state index in [1.165, 1.54) is 6.92 Å². The molecule has 2 aromatic rings. The van der Waals surface area contributed by atoms with Crippen molar-refractivity contribution in [1.29, 1.82) is 0 Å². The maximum Gasteiger partial charge on any atom is 0.399 e. The third-order valence-electron chi connectivity index (χ3n) is 4.12. The molecule has 0 aliphatic carbocycles. The molecule has 3 rings (SSSR count). The van der Waals surface area contributed by atoms with Crippen molar-refractivity contribution in [3.63, 3.8) is 0 Å². The summed E-state index contributed by atoms with van der Waals surface area (Å²) in [5.74, 6) is -0.241. The minimum Gasteiger partial charge on any atom is -0.462 e. The fraction of sp³-hybridized carbons (Fsp3) is 0.353. The van der Waals surface area contributed by atoms with Crippen molar-refractivity contribution >= 4 is 27.1 Å². The quantitative estimate of drug-likeness (QED) is 0.494. The molecule has 28 heavy (non-hydrogen) atoms. The highest BCUT2D eigenvalue weighted by Crippen LogP contribution is 2.27. The molecule has 10 nitrogen and oxygen atoms in total. The molecule has 5 atom stereocenters. The van der Waals surface area contributed by atoms with Gasteiger partial charge in [-0.1, -0.05) is 30.3 Å². The fourth-order valence-electron chi connectivity index (χ4n) is 2.90. The van der Waals surface area contributed by atoms with Gasteiger partial charge in [0.25, 0.3) is 0 Å². The maximum absolute atomic E-state index is 11.5. The van der Waals surface area contributed by atoms with Crippen LogP contribution in [-0.4, -0.2) is 59.9 Å². The van der Waals surface area contributed by atoms with Crippen molar-refractivity contribution < 1.29 is 41.6 Å². The van der Waals surface area contributed by atoms with Gasteiger partial charge in [-0.25, -0.2) is 4.18 Å². The number of aliphatic hydroxyl groups excluding tert-OH is 2. The molecule has 1 fully saturated rings. The van der Waals surface area contributed by atoms with Gasteiger partial charge in [0.05, 0.1) is 0 Å². The zero-order chi connectivity index (χ0) is 20.5. The molecule has 11 heteroatoms. The predicted octanol–water partition coefficient (Wildman–Crippen LogP) is -0.0531. The number of nitrogens with one attached hydrogen (secondary N) is 1. The molecular weight excluding hydrogens is 394 g/mol. The largest absolute Gasteiger partial charge is 0.462 e. The number of rotatable bonds is 5. The molecule has 4 N–H and O–H groups in total. The van der Waals surface area contributed by atoms with Gasteiger partial charge in [0.2, 0.25) is 18.5 Å². The summed E-state index contributed by atoms with van der Waals surface area (Å²) in [6.07, 6.45) is -6.94. The number of carbonyl (C=O) groups excluding carboxylic acids is 1. The molecule has 0 aromatic heterocycles. The molecule has 1 aliphatic rings. The second kappa shape index (κ2) is 7.99. The van der Waals surface area contributed by atoms with E-state index in [1.54, 1.807) is 18.2 Å². The van der Waals surface area contributed by atoms with Crippen LogP contribution in [0.15, 0.2) is 42.5 Å². The van der Waals surface area contributed by atoms with Crippen molar-refractivity contribution in [2.24, 2.45) is 0 Å². The average Bonchev–Trinajstić information content (AvgIpc) is 2.61. The lowest BCUT2D eigenvalue weighted by Gasteiger charge is -2.41. The monoisotopic (exact) mass is 413 g/mol. The Morgan fingerprint density at radius 3 is 2.39 bits per heavy atom. The minimum absolute atomic E-state index is 0.299. The number of ether oxygens (including phenoxy) is 2. The molecule has 1 aliphatic heterocycles. The van der Waals surface area contributed by atoms with Crippen molar-refractivity contribution in [2.45, 2.75) is 37.8 Å². The van der Waals surface area contributed by atoms with E-state index in [0.717, 1.165) is 10.8 Å². The first-order chi connectivity index (χ1) is 13.1. The number of benzene rings is 2. The molecule has 0 unspecified atom stereocenters. The summed E-state index contributed by atoms with van der Waals surface area (Å²) in [5.41, 5.74) is 0. The summed E-state index contributed by atoms with van der Waals surface area (Å²) in [6.45, 7) is 1.19. The molecule has 1 heterocycles. The lowest BCUT2D eigenvalue weighted by Crippen LogP contribution is -2.65. The van der Waals surface area contributed by atoms with E-state index in [0.29, 0.717) is 5.75 Å². The van der Waals surface area contributed by atoms with E-state index < -0.39 is 47.1 Å². The summed E-state index contributed by atoms with van der Waals surface area (Å²) in [4.78, 5) is 11.5. The lowest BCUT2D eigenvalue weighted by atomic mass is 10.0. The number of aliphatic hydroxyl groups is 2. The number of fused-ring (bicyclic) bond motifs is 1. The van der Waals surface area contributed by atoms with E-state index in [4.69, 9.17) is 14.0 Å². The van der Waals surface area contributed by atoms with Gasteiger partial charge in [-0.15, -0.1) is 0 Å². The first-order valence-corrected chi connectivity index (χ1v) is 9.60. The van der Waals surface area contributed by atoms with Gasteiger partial charge in [0.15, 0.2) is 0 Å². The third-order valence-corrected chi connectivity index (χ3v) is 4.55. The first-order valence-electron chi connectivity index (χ1n) is 8.24. The van der Waals surface area contributed by atoms with Crippen LogP contribution in [-0.2, 0) is 24.1 Å². The van der Waals surface area contributed by atoms with Gasteiger partial charge in [-0.3, -0.25) is 9.35 Å². The summed E-state index contributed by atoms with van der Waals surface area (Å²) >= 11 is 0. The van der Waals surface area contributed by atoms with Crippen LogP contribution in [0.5, 0.6) is 5.75 Å².